The molecule has 50 valence electrons. The third-order valence-corrected chi connectivity index (χ3v) is 1.69. The molecule has 0 radical (unpaired) electrons. The van der Waals surface area contributed by atoms with Gasteiger partial charge in [0.15, 0.2) is 0 Å². The molecule has 1 atom stereocenters. The number of rotatable bonds is 0. The third-order valence-electron chi connectivity index (χ3n) is 1.57. The highest BCUT2D eigenvalue weighted by Gasteiger charge is 2.08. The zero-order valence-corrected chi connectivity index (χ0v) is 6.25. The predicted molar refractivity (Wildman–Crippen MR) is 42.4 cm³/mol. The van der Waals surface area contributed by atoms with E-state index in [1.54, 1.807) is 0 Å². The van der Waals surface area contributed by atoms with Crippen molar-refractivity contribution in [2.45, 2.75) is 12.8 Å². The van der Waals surface area contributed by atoms with Gasteiger partial charge in [-0.05, 0) is 24.6 Å². The molecule has 0 saturated carbocycles. The Hall–Kier alpha value is -0.130. The molecular weight excluding hydrogens is 130 g/mol. The van der Waals surface area contributed by atoms with Crippen molar-refractivity contribution in [2.75, 3.05) is 13.1 Å². The van der Waals surface area contributed by atoms with Crippen LogP contribution in [0.4, 0.5) is 0 Å². The molecule has 1 rings (SSSR count). The standard InChI is InChI=1S/C7H11NS/c9-5-3-7-2-1-4-8-6-7/h7-9H,1-2,4,6H2. The highest BCUT2D eigenvalue weighted by molar-refractivity contribution is 7.85. The number of hydrogen-bond donors (Lipinski definition) is 2. The average molecular weight is 141 g/mol. The molecule has 9 heavy (non-hydrogen) atoms. The molecular formula is C7H11NS. The Labute approximate surface area is 61.6 Å². The normalized spacial score (nSPS) is 26.6. The van der Waals surface area contributed by atoms with E-state index in [0.29, 0.717) is 5.92 Å². The monoisotopic (exact) mass is 141 g/mol. The lowest BCUT2D eigenvalue weighted by molar-refractivity contribution is 0.449. The van der Waals surface area contributed by atoms with Gasteiger partial charge in [0.25, 0.3) is 0 Å². The van der Waals surface area contributed by atoms with Crippen molar-refractivity contribution in [3.8, 4) is 11.2 Å². The molecule has 1 heterocycles. The van der Waals surface area contributed by atoms with Crippen LogP contribution >= 0.6 is 12.6 Å². The quantitative estimate of drug-likeness (QED) is 0.377. The van der Waals surface area contributed by atoms with Crippen molar-refractivity contribution >= 4 is 12.6 Å². The largest absolute Gasteiger partial charge is 0.316 e. The van der Waals surface area contributed by atoms with Gasteiger partial charge in [-0.15, -0.1) is 0 Å². The summed E-state index contributed by atoms with van der Waals surface area (Å²) in [6, 6.07) is 0. The fourth-order valence-electron chi connectivity index (χ4n) is 1.07. The molecule has 0 aromatic carbocycles. The van der Waals surface area contributed by atoms with Crippen LogP contribution in [0.1, 0.15) is 12.8 Å². The van der Waals surface area contributed by atoms with Gasteiger partial charge in [0.2, 0.25) is 0 Å². The van der Waals surface area contributed by atoms with Crippen LogP contribution in [0, 0.1) is 17.1 Å². The molecule has 1 unspecified atom stereocenters. The second kappa shape index (κ2) is 3.81. The fourth-order valence-corrected chi connectivity index (χ4v) is 1.25. The van der Waals surface area contributed by atoms with Gasteiger partial charge in [0.1, 0.15) is 0 Å². The van der Waals surface area contributed by atoms with E-state index < -0.39 is 0 Å². The minimum absolute atomic E-state index is 0.552. The van der Waals surface area contributed by atoms with Gasteiger partial charge in [-0.1, -0.05) is 18.5 Å². The summed E-state index contributed by atoms with van der Waals surface area (Å²) in [6.07, 6.45) is 2.49. The second-order valence-corrected chi connectivity index (χ2v) is 2.52. The van der Waals surface area contributed by atoms with Crippen molar-refractivity contribution in [2.24, 2.45) is 5.92 Å². The van der Waals surface area contributed by atoms with Crippen molar-refractivity contribution < 1.29 is 0 Å². The topological polar surface area (TPSA) is 12.0 Å². The van der Waals surface area contributed by atoms with E-state index in [4.69, 9.17) is 0 Å². The predicted octanol–water partition coefficient (Wildman–Crippen LogP) is 0.877. The lowest BCUT2D eigenvalue weighted by atomic mass is 10.0. The lowest BCUT2D eigenvalue weighted by Crippen LogP contribution is -2.28. The van der Waals surface area contributed by atoms with Crippen LogP contribution in [0.15, 0.2) is 0 Å². The Morgan fingerprint density at radius 1 is 1.56 bits per heavy atom. The molecule has 0 aliphatic carbocycles. The van der Waals surface area contributed by atoms with Crippen molar-refractivity contribution in [1.82, 2.24) is 5.32 Å². The van der Waals surface area contributed by atoms with Crippen molar-refractivity contribution in [3.05, 3.63) is 0 Å². The van der Waals surface area contributed by atoms with Crippen LogP contribution in [-0.4, -0.2) is 13.1 Å². The van der Waals surface area contributed by atoms with E-state index in [9.17, 15) is 0 Å². The first-order valence-electron chi connectivity index (χ1n) is 3.29. The first-order chi connectivity index (χ1) is 4.43. The molecule has 1 fully saturated rings. The SMILES string of the molecule is SC#CC1CCCNC1. The molecule has 1 N–H and O–H groups in total. The first-order valence-corrected chi connectivity index (χ1v) is 3.73. The summed E-state index contributed by atoms with van der Waals surface area (Å²) in [5, 5.41) is 5.93. The summed E-state index contributed by atoms with van der Waals surface area (Å²) in [4.78, 5) is 0. The molecule has 0 aromatic rings. The second-order valence-electron chi connectivity index (χ2n) is 2.30. The van der Waals surface area contributed by atoms with Gasteiger partial charge in [0, 0.05) is 12.5 Å². The molecule has 1 saturated heterocycles. The fraction of sp³-hybridized carbons (Fsp3) is 0.714. The number of piperidine rings is 1. The van der Waals surface area contributed by atoms with Gasteiger partial charge in [-0.2, -0.15) is 0 Å². The minimum Gasteiger partial charge on any atom is -0.316 e. The maximum Gasteiger partial charge on any atom is 0.0337 e. The van der Waals surface area contributed by atoms with Crippen LogP contribution in [0.5, 0.6) is 0 Å². The Morgan fingerprint density at radius 3 is 3.00 bits per heavy atom. The van der Waals surface area contributed by atoms with Gasteiger partial charge in [-0.25, -0.2) is 0 Å². The molecule has 0 amide bonds. The summed E-state index contributed by atoms with van der Waals surface area (Å²) >= 11 is 3.84. The summed E-state index contributed by atoms with van der Waals surface area (Å²) in [6.45, 7) is 2.21. The Morgan fingerprint density at radius 2 is 2.44 bits per heavy atom. The van der Waals surface area contributed by atoms with Gasteiger partial charge >= 0.3 is 0 Å². The van der Waals surface area contributed by atoms with E-state index in [1.807, 2.05) is 0 Å². The smallest absolute Gasteiger partial charge is 0.0337 e. The van der Waals surface area contributed by atoms with E-state index in [-0.39, 0.29) is 0 Å². The molecule has 1 aliphatic heterocycles. The molecule has 0 spiro atoms. The van der Waals surface area contributed by atoms with E-state index in [2.05, 4.69) is 29.1 Å². The molecule has 1 aliphatic rings. The highest BCUT2D eigenvalue weighted by Crippen LogP contribution is 2.07. The van der Waals surface area contributed by atoms with Gasteiger partial charge in [0.05, 0.1) is 0 Å². The summed E-state index contributed by atoms with van der Waals surface area (Å²) < 4.78 is 0. The number of nitrogens with one attached hydrogen (secondary N) is 1. The van der Waals surface area contributed by atoms with E-state index in [1.165, 1.54) is 12.8 Å². The molecule has 1 nitrogen and oxygen atoms in total. The minimum atomic E-state index is 0.552. The molecule has 2 heteroatoms. The Bertz CT molecular complexity index is 128. The van der Waals surface area contributed by atoms with Gasteiger partial charge in [-0.3, -0.25) is 0 Å². The van der Waals surface area contributed by atoms with E-state index in [0.717, 1.165) is 13.1 Å². The number of thiol groups is 1. The summed E-state index contributed by atoms with van der Waals surface area (Å²) in [5.41, 5.74) is 0. The maximum absolute atomic E-state index is 3.84. The van der Waals surface area contributed by atoms with Gasteiger partial charge < -0.3 is 5.32 Å². The lowest BCUT2D eigenvalue weighted by Gasteiger charge is -2.16. The zero-order valence-electron chi connectivity index (χ0n) is 5.35. The van der Waals surface area contributed by atoms with Crippen LogP contribution < -0.4 is 5.32 Å². The van der Waals surface area contributed by atoms with Crippen molar-refractivity contribution in [3.63, 3.8) is 0 Å². The molecule has 0 bridgehead atoms. The van der Waals surface area contributed by atoms with Crippen LogP contribution in [0.25, 0.3) is 0 Å². The highest BCUT2D eigenvalue weighted by atomic mass is 32.1. The Kier molecular flexibility index (Phi) is 2.96. The average Bonchev–Trinajstić information content (AvgIpc) is 1.91. The van der Waals surface area contributed by atoms with Crippen LogP contribution in [0.3, 0.4) is 0 Å². The number of hydrogen-bond acceptors (Lipinski definition) is 2. The summed E-state index contributed by atoms with van der Waals surface area (Å²) in [5.74, 6) is 3.59. The van der Waals surface area contributed by atoms with Crippen LogP contribution in [-0.2, 0) is 0 Å². The first kappa shape index (κ1) is 6.98. The Balaban J connectivity index is 2.28. The zero-order chi connectivity index (χ0) is 6.53. The third kappa shape index (κ3) is 2.30. The molecule has 0 aromatic heterocycles. The maximum atomic E-state index is 3.84. The summed E-state index contributed by atoms with van der Waals surface area (Å²) in [7, 11) is 0. The van der Waals surface area contributed by atoms with Crippen LogP contribution in [0.2, 0.25) is 0 Å². The van der Waals surface area contributed by atoms with E-state index >= 15 is 0 Å². The van der Waals surface area contributed by atoms with Crippen molar-refractivity contribution in [1.29, 1.82) is 0 Å².